The smallest absolute Gasteiger partial charge is 0.276 e. The molecule has 0 unspecified atom stereocenters. The molecule has 2 aromatic rings. The van der Waals surface area contributed by atoms with E-state index in [0.717, 1.165) is 18.9 Å². The number of benzene rings is 1. The Labute approximate surface area is 141 Å². The summed E-state index contributed by atoms with van der Waals surface area (Å²) in [5.41, 5.74) is 0.743. The van der Waals surface area contributed by atoms with Crippen molar-refractivity contribution in [1.82, 2.24) is 10.2 Å². The molecule has 2 rings (SSSR count). The number of methoxy groups -OCH3 is 2. The van der Waals surface area contributed by atoms with Crippen molar-refractivity contribution in [2.24, 2.45) is 0 Å². The van der Waals surface area contributed by atoms with E-state index in [1.807, 2.05) is 13.8 Å². The summed E-state index contributed by atoms with van der Waals surface area (Å²) in [5, 5.41) is 10.9. The summed E-state index contributed by atoms with van der Waals surface area (Å²) in [7, 11) is 3.10. The molecule has 0 aliphatic carbocycles. The first-order valence-corrected chi connectivity index (χ1v) is 7.75. The van der Waals surface area contributed by atoms with Gasteiger partial charge in [-0.15, -0.1) is 10.2 Å². The first-order chi connectivity index (χ1) is 11.6. The third kappa shape index (κ3) is 3.92. The Kier molecular flexibility index (Phi) is 5.95. The number of aromatic nitrogens is 2. The molecule has 128 valence electrons. The molecule has 1 heterocycles. The van der Waals surface area contributed by atoms with Gasteiger partial charge in [0.15, 0.2) is 11.5 Å². The summed E-state index contributed by atoms with van der Waals surface area (Å²) in [6.07, 6.45) is 0. The molecule has 0 fully saturated rings. The number of rotatable bonds is 7. The highest BCUT2D eigenvalue weighted by atomic mass is 16.5. The van der Waals surface area contributed by atoms with Crippen molar-refractivity contribution in [2.45, 2.75) is 13.8 Å². The van der Waals surface area contributed by atoms with Gasteiger partial charge in [-0.05, 0) is 38.1 Å². The fraction of sp³-hybridized carbons (Fsp3) is 0.353. The van der Waals surface area contributed by atoms with E-state index in [1.165, 1.54) is 7.11 Å². The second-order valence-electron chi connectivity index (χ2n) is 4.97. The monoisotopic (exact) mass is 330 g/mol. The minimum absolute atomic E-state index is 0.232. The maximum atomic E-state index is 12.4. The van der Waals surface area contributed by atoms with Gasteiger partial charge >= 0.3 is 0 Å². The van der Waals surface area contributed by atoms with E-state index in [9.17, 15) is 4.79 Å². The second-order valence-corrected chi connectivity index (χ2v) is 4.97. The summed E-state index contributed by atoms with van der Waals surface area (Å²) < 4.78 is 10.4. The van der Waals surface area contributed by atoms with Gasteiger partial charge in [0.25, 0.3) is 5.91 Å². The number of ether oxygens (including phenoxy) is 2. The molecular formula is C17H22N4O3. The maximum absolute atomic E-state index is 12.4. The van der Waals surface area contributed by atoms with Crippen LogP contribution in [0.25, 0.3) is 0 Å². The topological polar surface area (TPSA) is 76.6 Å². The summed E-state index contributed by atoms with van der Waals surface area (Å²) in [5.74, 6) is 1.54. The highest BCUT2D eigenvalue weighted by molar-refractivity contribution is 6.03. The Morgan fingerprint density at radius 2 is 1.83 bits per heavy atom. The fourth-order valence-electron chi connectivity index (χ4n) is 2.26. The predicted octanol–water partition coefficient (Wildman–Crippen LogP) is 2.59. The lowest BCUT2D eigenvalue weighted by Crippen LogP contribution is -2.24. The van der Waals surface area contributed by atoms with Crippen LogP contribution in [0.3, 0.4) is 0 Å². The first kappa shape index (κ1) is 17.5. The van der Waals surface area contributed by atoms with Gasteiger partial charge in [-0.25, -0.2) is 0 Å². The van der Waals surface area contributed by atoms with Crippen LogP contribution in [-0.2, 0) is 0 Å². The molecule has 1 aromatic heterocycles. The first-order valence-electron chi connectivity index (χ1n) is 7.75. The van der Waals surface area contributed by atoms with Crippen molar-refractivity contribution in [3.63, 3.8) is 0 Å². The van der Waals surface area contributed by atoms with E-state index in [-0.39, 0.29) is 11.6 Å². The molecule has 7 nitrogen and oxygen atoms in total. The van der Waals surface area contributed by atoms with Gasteiger partial charge in [-0.1, -0.05) is 0 Å². The lowest BCUT2D eigenvalue weighted by atomic mass is 10.2. The average molecular weight is 330 g/mol. The fourth-order valence-corrected chi connectivity index (χ4v) is 2.26. The minimum atomic E-state index is -0.361. The van der Waals surface area contributed by atoms with E-state index in [1.54, 1.807) is 37.4 Å². The third-order valence-corrected chi connectivity index (χ3v) is 3.63. The normalized spacial score (nSPS) is 10.2. The van der Waals surface area contributed by atoms with Gasteiger partial charge < -0.3 is 19.7 Å². The van der Waals surface area contributed by atoms with Crippen molar-refractivity contribution in [2.75, 3.05) is 37.5 Å². The molecule has 1 aromatic carbocycles. The van der Waals surface area contributed by atoms with E-state index < -0.39 is 0 Å². The zero-order valence-electron chi connectivity index (χ0n) is 14.4. The minimum Gasteiger partial charge on any atom is -0.497 e. The predicted molar refractivity (Wildman–Crippen MR) is 93.1 cm³/mol. The van der Waals surface area contributed by atoms with Crippen LogP contribution in [0.15, 0.2) is 30.3 Å². The summed E-state index contributed by atoms with van der Waals surface area (Å²) in [6.45, 7) is 5.75. The highest BCUT2D eigenvalue weighted by Crippen LogP contribution is 2.29. The maximum Gasteiger partial charge on any atom is 0.276 e. The van der Waals surface area contributed by atoms with Gasteiger partial charge in [0.1, 0.15) is 11.5 Å². The van der Waals surface area contributed by atoms with Crippen LogP contribution in [0.5, 0.6) is 11.5 Å². The summed E-state index contributed by atoms with van der Waals surface area (Å²) in [6, 6.07) is 8.62. The molecule has 0 bridgehead atoms. The molecule has 0 aliphatic heterocycles. The van der Waals surface area contributed by atoms with Gasteiger partial charge in [0.2, 0.25) is 0 Å². The Hall–Kier alpha value is -2.83. The van der Waals surface area contributed by atoms with Gasteiger partial charge in [-0.3, -0.25) is 4.79 Å². The third-order valence-electron chi connectivity index (χ3n) is 3.63. The quantitative estimate of drug-likeness (QED) is 0.841. The number of hydrogen-bond donors (Lipinski definition) is 1. The molecule has 0 atom stereocenters. The van der Waals surface area contributed by atoms with Crippen LogP contribution in [0.2, 0.25) is 0 Å². The number of carbonyl (C=O) groups excluding carboxylic acids is 1. The SMILES string of the molecule is CCN(CC)c1ccc(C(=O)Nc2cc(OC)ccc2OC)nn1. The number of anilines is 2. The van der Waals surface area contributed by atoms with Crippen molar-refractivity contribution in [3.8, 4) is 11.5 Å². The summed E-state index contributed by atoms with van der Waals surface area (Å²) >= 11 is 0. The second kappa shape index (κ2) is 8.14. The number of nitrogens with zero attached hydrogens (tertiary/aromatic N) is 3. The Morgan fingerprint density at radius 1 is 1.08 bits per heavy atom. The van der Waals surface area contributed by atoms with Crippen LogP contribution < -0.4 is 19.7 Å². The molecule has 0 saturated heterocycles. The van der Waals surface area contributed by atoms with E-state index >= 15 is 0 Å². The lowest BCUT2D eigenvalue weighted by Gasteiger charge is -2.18. The Morgan fingerprint density at radius 3 is 2.38 bits per heavy atom. The number of hydrogen-bond acceptors (Lipinski definition) is 6. The standard InChI is InChI=1S/C17H22N4O3/c1-5-21(6-2)16-10-8-13(19-20-16)17(22)18-14-11-12(23-3)7-9-15(14)24-4/h7-11H,5-6H2,1-4H3,(H,18,22). The Bertz CT molecular complexity index is 685. The number of amides is 1. The number of carbonyl (C=O) groups is 1. The van der Waals surface area contributed by atoms with Crippen molar-refractivity contribution < 1.29 is 14.3 Å². The summed E-state index contributed by atoms with van der Waals surface area (Å²) in [4.78, 5) is 14.4. The van der Waals surface area contributed by atoms with Crippen LogP contribution >= 0.6 is 0 Å². The zero-order chi connectivity index (χ0) is 17.5. The molecule has 0 radical (unpaired) electrons. The molecule has 0 saturated carbocycles. The molecule has 7 heteroatoms. The van der Waals surface area contributed by atoms with Crippen LogP contribution in [0.4, 0.5) is 11.5 Å². The van der Waals surface area contributed by atoms with E-state index in [2.05, 4.69) is 20.4 Å². The largest absolute Gasteiger partial charge is 0.497 e. The molecular weight excluding hydrogens is 308 g/mol. The highest BCUT2D eigenvalue weighted by Gasteiger charge is 2.13. The van der Waals surface area contributed by atoms with Crippen LogP contribution in [0, 0.1) is 0 Å². The van der Waals surface area contributed by atoms with Crippen LogP contribution in [-0.4, -0.2) is 43.4 Å². The van der Waals surface area contributed by atoms with E-state index in [0.29, 0.717) is 17.2 Å². The van der Waals surface area contributed by atoms with Gasteiger partial charge in [-0.2, -0.15) is 0 Å². The zero-order valence-corrected chi connectivity index (χ0v) is 14.4. The average Bonchev–Trinajstić information content (AvgIpc) is 2.63. The molecule has 0 spiro atoms. The number of nitrogens with one attached hydrogen (secondary N) is 1. The van der Waals surface area contributed by atoms with Crippen molar-refractivity contribution in [1.29, 1.82) is 0 Å². The van der Waals surface area contributed by atoms with Crippen molar-refractivity contribution >= 4 is 17.4 Å². The molecule has 1 N–H and O–H groups in total. The van der Waals surface area contributed by atoms with E-state index in [4.69, 9.17) is 9.47 Å². The Balaban J connectivity index is 2.18. The van der Waals surface area contributed by atoms with Crippen LogP contribution in [0.1, 0.15) is 24.3 Å². The lowest BCUT2D eigenvalue weighted by molar-refractivity contribution is 0.102. The van der Waals surface area contributed by atoms with Crippen molar-refractivity contribution in [3.05, 3.63) is 36.0 Å². The molecule has 0 aliphatic rings. The molecule has 24 heavy (non-hydrogen) atoms. The molecule has 1 amide bonds. The van der Waals surface area contributed by atoms with Gasteiger partial charge in [0.05, 0.1) is 19.9 Å². The van der Waals surface area contributed by atoms with Gasteiger partial charge in [0, 0.05) is 19.2 Å².